The molecule has 1 aromatic heterocycles. The largest absolute Gasteiger partial charge is 0.297 e. The van der Waals surface area contributed by atoms with Crippen LogP contribution in [0.4, 0.5) is 0 Å². The van der Waals surface area contributed by atoms with Gasteiger partial charge in [0.05, 0.1) is 0 Å². The van der Waals surface area contributed by atoms with Crippen molar-refractivity contribution in [3.63, 3.8) is 0 Å². The first-order valence-corrected chi connectivity index (χ1v) is 8.65. The van der Waals surface area contributed by atoms with Crippen molar-refractivity contribution < 1.29 is 0 Å². The van der Waals surface area contributed by atoms with Gasteiger partial charge in [0.15, 0.2) is 0 Å². The second kappa shape index (κ2) is 6.68. The van der Waals surface area contributed by atoms with Crippen LogP contribution in [-0.2, 0) is 6.42 Å². The molecule has 3 N–H and O–H groups in total. The Morgan fingerprint density at radius 2 is 2.11 bits per heavy atom. The van der Waals surface area contributed by atoms with Gasteiger partial charge in [0.1, 0.15) is 0 Å². The molecule has 3 nitrogen and oxygen atoms in total. The molecule has 0 radical (unpaired) electrons. The number of piperidine rings is 1. The van der Waals surface area contributed by atoms with Gasteiger partial charge in [-0.3, -0.25) is 16.2 Å². The molecular weight excluding hydrogens is 322 g/mol. The number of rotatable bonds is 5. The fourth-order valence-electron chi connectivity index (χ4n) is 2.87. The monoisotopic (exact) mass is 345 g/mol. The lowest BCUT2D eigenvalue weighted by atomic mass is 9.88. The first kappa shape index (κ1) is 15.4. The van der Waals surface area contributed by atoms with Crippen molar-refractivity contribution in [2.75, 3.05) is 13.1 Å². The molecule has 1 aliphatic heterocycles. The SMILES string of the molecule is CC(C)(C(Cc1cc(Br)cs1)NN)N1CCCCC1. The first-order valence-electron chi connectivity index (χ1n) is 6.98. The molecule has 0 amide bonds. The molecule has 0 aliphatic carbocycles. The standard InChI is InChI=1S/C14H24BrN3S/c1-14(2,18-6-4-3-5-7-18)13(17-16)9-12-8-11(15)10-19-12/h8,10,13,17H,3-7,9,16H2,1-2H3. The van der Waals surface area contributed by atoms with Crippen LogP contribution in [0.25, 0.3) is 0 Å². The van der Waals surface area contributed by atoms with E-state index in [2.05, 4.69) is 51.5 Å². The zero-order valence-electron chi connectivity index (χ0n) is 11.8. The molecule has 0 spiro atoms. The molecule has 19 heavy (non-hydrogen) atoms. The number of hydrogen-bond donors (Lipinski definition) is 2. The summed E-state index contributed by atoms with van der Waals surface area (Å²) in [5, 5.41) is 2.14. The normalized spacial score (nSPS) is 19.6. The van der Waals surface area contributed by atoms with E-state index in [-0.39, 0.29) is 11.6 Å². The summed E-state index contributed by atoms with van der Waals surface area (Å²) in [6.07, 6.45) is 4.97. The number of hydrogen-bond acceptors (Lipinski definition) is 4. The van der Waals surface area contributed by atoms with E-state index >= 15 is 0 Å². The van der Waals surface area contributed by atoms with Gasteiger partial charge in [0.25, 0.3) is 0 Å². The number of likely N-dealkylation sites (tertiary alicyclic amines) is 1. The Morgan fingerprint density at radius 3 is 2.63 bits per heavy atom. The Morgan fingerprint density at radius 1 is 1.42 bits per heavy atom. The average molecular weight is 346 g/mol. The summed E-state index contributed by atoms with van der Waals surface area (Å²) in [6, 6.07) is 2.47. The highest BCUT2D eigenvalue weighted by atomic mass is 79.9. The Labute approximate surface area is 128 Å². The number of thiophene rings is 1. The summed E-state index contributed by atoms with van der Waals surface area (Å²) >= 11 is 5.31. The second-order valence-electron chi connectivity index (χ2n) is 5.86. The number of hydrazine groups is 1. The lowest BCUT2D eigenvalue weighted by molar-refractivity contribution is 0.0613. The second-order valence-corrected chi connectivity index (χ2v) is 7.77. The van der Waals surface area contributed by atoms with Crippen LogP contribution in [0.5, 0.6) is 0 Å². The van der Waals surface area contributed by atoms with Crippen molar-refractivity contribution in [3.8, 4) is 0 Å². The van der Waals surface area contributed by atoms with Crippen molar-refractivity contribution in [1.29, 1.82) is 0 Å². The molecule has 0 saturated carbocycles. The van der Waals surface area contributed by atoms with Gasteiger partial charge in [0, 0.05) is 32.7 Å². The summed E-state index contributed by atoms with van der Waals surface area (Å²) < 4.78 is 1.17. The van der Waals surface area contributed by atoms with E-state index < -0.39 is 0 Å². The van der Waals surface area contributed by atoms with Gasteiger partial charge in [0.2, 0.25) is 0 Å². The number of halogens is 1. The smallest absolute Gasteiger partial charge is 0.0437 e. The lowest BCUT2D eigenvalue weighted by Crippen LogP contribution is -2.61. The topological polar surface area (TPSA) is 41.3 Å². The molecule has 2 rings (SSSR count). The third kappa shape index (κ3) is 3.79. The summed E-state index contributed by atoms with van der Waals surface area (Å²) in [4.78, 5) is 3.96. The molecule has 0 aromatic carbocycles. The van der Waals surface area contributed by atoms with E-state index in [1.54, 1.807) is 11.3 Å². The number of nitrogens with zero attached hydrogens (tertiary/aromatic N) is 1. The van der Waals surface area contributed by atoms with Crippen LogP contribution >= 0.6 is 27.3 Å². The zero-order chi connectivity index (χ0) is 13.9. The maximum atomic E-state index is 5.84. The molecule has 1 aromatic rings. The van der Waals surface area contributed by atoms with Gasteiger partial charge in [-0.1, -0.05) is 6.42 Å². The van der Waals surface area contributed by atoms with E-state index in [0.717, 1.165) is 6.42 Å². The first-order chi connectivity index (χ1) is 9.04. The van der Waals surface area contributed by atoms with Crippen LogP contribution in [0.3, 0.4) is 0 Å². The van der Waals surface area contributed by atoms with Crippen LogP contribution in [0.2, 0.25) is 0 Å². The van der Waals surface area contributed by atoms with E-state index in [0.29, 0.717) is 0 Å². The van der Waals surface area contributed by atoms with E-state index in [1.165, 1.54) is 41.7 Å². The Hall–Kier alpha value is 0.0600. The van der Waals surface area contributed by atoms with Crippen LogP contribution in [0, 0.1) is 0 Å². The van der Waals surface area contributed by atoms with Crippen LogP contribution in [0.15, 0.2) is 15.9 Å². The van der Waals surface area contributed by atoms with Crippen molar-refractivity contribution in [2.24, 2.45) is 5.84 Å². The zero-order valence-corrected chi connectivity index (χ0v) is 14.2. The number of nitrogens with one attached hydrogen (secondary N) is 1. The Balaban J connectivity index is 2.06. The third-order valence-electron chi connectivity index (χ3n) is 4.25. The van der Waals surface area contributed by atoms with Gasteiger partial charge in [-0.2, -0.15) is 0 Å². The molecular formula is C14H24BrN3S. The Bertz CT molecular complexity index is 399. The molecule has 108 valence electrons. The minimum atomic E-state index is 0.0889. The minimum absolute atomic E-state index is 0.0889. The summed E-state index contributed by atoms with van der Waals surface area (Å²) in [5.41, 5.74) is 3.14. The van der Waals surface area contributed by atoms with Gasteiger partial charge in [-0.15, -0.1) is 11.3 Å². The fourth-order valence-corrected chi connectivity index (χ4v) is 4.36. The summed E-state index contributed by atoms with van der Waals surface area (Å²) in [6.45, 7) is 7.01. The van der Waals surface area contributed by atoms with Gasteiger partial charge >= 0.3 is 0 Å². The number of nitrogens with two attached hydrogens (primary N) is 1. The maximum Gasteiger partial charge on any atom is 0.0437 e. The molecule has 1 fully saturated rings. The molecule has 1 atom stereocenters. The van der Waals surface area contributed by atoms with E-state index in [4.69, 9.17) is 5.84 Å². The fraction of sp³-hybridized carbons (Fsp3) is 0.714. The van der Waals surface area contributed by atoms with Crippen LogP contribution in [0.1, 0.15) is 38.0 Å². The highest BCUT2D eigenvalue weighted by Gasteiger charge is 2.35. The van der Waals surface area contributed by atoms with Crippen molar-refractivity contribution in [3.05, 3.63) is 20.8 Å². The summed E-state index contributed by atoms with van der Waals surface area (Å²) in [7, 11) is 0. The highest BCUT2D eigenvalue weighted by molar-refractivity contribution is 9.10. The van der Waals surface area contributed by atoms with Crippen molar-refractivity contribution in [1.82, 2.24) is 10.3 Å². The van der Waals surface area contributed by atoms with Gasteiger partial charge < -0.3 is 0 Å². The molecule has 2 heterocycles. The van der Waals surface area contributed by atoms with Gasteiger partial charge in [-0.25, -0.2) is 0 Å². The predicted molar refractivity (Wildman–Crippen MR) is 86.3 cm³/mol. The molecule has 5 heteroatoms. The maximum absolute atomic E-state index is 5.84. The predicted octanol–water partition coefficient (Wildman–Crippen LogP) is 3.15. The van der Waals surface area contributed by atoms with Gasteiger partial charge in [-0.05, 0) is 61.8 Å². The van der Waals surface area contributed by atoms with Crippen molar-refractivity contribution in [2.45, 2.75) is 51.1 Å². The van der Waals surface area contributed by atoms with Crippen LogP contribution < -0.4 is 11.3 Å². The average Bonchev–Trinajstić information content (AvgIpc) is 2.82. The Kier molecular flexibility index (Phi) is 5.43. The summed E-state index contributed by atoms with van der Waals surface area (Å²) in [5.74, 6) is 5.84. The minimum Gasteiger partial charge on any atom is -0.297 e. The van der Waals surface area contributed by atoms with Crippen LogP contribution in [-0.4, -0.2) is 29.6 Å². The van der Waals surface area contributed by atoms with E-state index in [1.807, 2.05) is 0 Å². The van der Waals surface area contributed by atoms with E-state index in [9.17, 15) is 0 Å². The van der Waals surface area contributed by atoms with Crippen molar-refractivity contribution >= 4 is 27.3 Å². The highest BCUT2D eigenvalue weighted by Crippen LogP contribution is 2.28. The molecule has 1 saturated heterocycles. The molecule has 0 bridgehead atoms. The third-order valence-corrected chi connectivity index (χ3v) is 5.97. The molecule has 1 unspecified atom stereocenters. The lowest BCUT2D eigenvalue weighted by Gasteiger charge is -2.45. The molecule has 1 aliphatic rings. The quantitative estimate of drug-likeness (QED) is 0.636.